The van der Waals surface area contributed by atoms with Crippen LogP contribution in [0.4, 0.5) is 15.8 Å². The summed E-state index contributed by atoms with van der Waals surface area (Å²) in [5, 5.41) is 20.5. The summed E-state index contributed by atoms with van der Waals surface area (Å²) in [6.45, 7) is 5.73. The van der Waals surface area contributed by atoms with Crippen LogP contribution in [0, 0.1) is 0 Å². The van der Waals surface area contributed by atoms with Crippen LogP contribution in [0.5, 0.6) is 0 Å². The minimum absolute atomic E-state index is 0.202. The van der Waals surface area contributed by atoms with Crippen molar-refractivity contribution >= 4 is 28.8 Å². The molecule has 1 unspecified atom stereocenters. The number of carbonyl (C=O) groups is 2. The molecule has 1 saturated heterocycles. The van der Waals surface area contributed by atoms with E-state index in [1.54, 1.807) is 30.6 Å². The quantitative estimate of drug-likeness (QED) is 0.488. The number of anilines is 2. The average molecular weight is 482 g/mol. The largest absolute Gasteiger partial charge is 0.387 e. The molecule has 0 spiro atoms. The number of aliphatic hydroxyl groups is 1. The lowest BCUT2D eigenvalue weighted by atomic mass is 10.0. The van der Waals surface area contributed by atoms with Crippen LogP contribution in [0.3, 0.4) is 0 Å². The standard InChI is InChI=1S/C24H28FN7O3/c1-24(2,35)20(25)14-31-13-15-10-18(19(11-16(15)23(31)34)30-8-5-26-6-9-30)29-22(33)17-12-28-32-7-3-4-27-21(17)32/h3-4,7,10-12,20,26,35H,5-6,8-9,13-14H2,1-2H3,(H,29,33). The van der Waals surface area contributed by atoms with Gasteiger partial charge in [0.1, 0.15) is 11.7 Å². The van der Waals surface area contributed by atoms with Crippen molar-refractivity contribution in [3.8, 4) is 0 Å². The number of amides is 2. The molecule has 1 atom stereocenters. The Bertz CT molecular complexity index is 1280. The third-order valence-corrected chi connectivity index (χ3v) is 6.48. The molecule has 2 aromatic heterocycles. The Labute approximate surface area is 201 Å². The molecule has 1 fully saturated rings. The summed E-state index contributed by atoms with van der Waals surface area (Å²) in [4.78, 5) is 34.1. The first-order valence-electron chi connectivity index (χ1n) is 11.6. The SMILES string of the molecule is CC(C)(O)C(F)CN1Cc2cc(NC(=O)c3cnn4cccnc34)c(N3CCNCC3)cc2C1=O. The van der Waals surface area contributed by atoms with Crippen LogP contribution in [-0.4, -0.2) is 80.9 Å². The number of fused-ring (bicyclic) bond motifs is 2. The van der Waals surface area contributed by atoms with Crippen molar-refractivity contribution in [1.82, 2.24) is 24.8 Å². The van der Waals surface area contributed by atoms with Gasteiger partial charge in [0, 0.05) is 50.7 Å². The molecule has 4 heterocycles. The fraction of sp³-hybridized carbons (Fsp3) is 0.417. The Morgan fingerprint density at radius 2 is 2.09 bits per heavy atom. The maximum absolute atomic E-state index is 14.5. The molecule has 10 nitrogen and oxygen atoms in total. The van der Waals surface area contributed by atoms with E-state index in [4.69, 9.17) is 0 Å². The maximum Gasteiger partial charge on any atom is 0.261 e. The first kappa shape index (κ1) is 23.2. The van der Waals surface area contributed by atoms with Gasteiger partial charge in [-0.3, -0.25) is 9.59 Å². The molecule has 3 N–H and O–H groups in total. The predicted molar refractivity (Wildman–Crippen MR) is 128 cm³/mol. The summed E-state index contributed by atoms with van der Waals surface area (Å²) in [7, 11) is 0. The summed E-state index contributed by atoms with van der Waals surface area (Å²) in [6.07, 6.45) is 3.20. The Morgan fingerprint density at radius 1 is 1.31 bits per heavy atom. The summed E-state index contributed by atoms with van der Waals surface area (Å²) in [6, 6.07) is 5.30. The van der Waals surface area contributed by atoms with Crippen LogP contribution in [-0.2, 0) is 6.54 Å². The second kappa shape index (κ2) is 8.90. The smallest absolute Gasteiger partial charge is 0.261 e. The summed E-state index contributed by atoms with van der Waals surface area (Å²) >= 11 is 0. The van der Waals surface area contributed by atoms with Crippen LogP contribution < -0.4 is 15.5 Å². The monoisotopic (exact) mass is 481 g/mol. The Balaban J connectivity index is 1.47. The van der Waals surface area contributed by atoms with Crippen molar-refractivity contribution < 1.29 is 19.1 Å². The van der Waals surface area contributed by atoms with Crippen molar-refractivity contribution in [2.75, 3.05) is 42.9 Å². The van der Waals surface area contributed by atoms with Crippen molar-refractivity contribution in [1.29, 1.82) is 0 Å². The van der Waals surface area contributed by atoms with E-state index in [0.717, 1.165) is 18.8 Å². The highest BCUT2D eigenvalue weighted by atomic mass is 19.1. The van der Waals surface area contributed by atoms with E-state index < -0.39 is 11.8 Å². The van der Waals surface area contributed by atoms with Gasteiger partial charge >= 0.3 is 0 Å². The molecule has 2 aliphatic rings. The Morgan fingerprint density at radius 3 is 2.83 bits per heavy atom. The molecule has 35 heavy (non-hydrogen) atoms. The van der Waals surface area contributed by atoms with Gasteiger partial charge in [-0.1, -0.05) is 0 Å². The number of rotatable bonds is 6. The molecule has 2 amide bonds. The van der Waals surface area contributed by atoms with E-state index in [0.29, 0.717) is 41.1 Å². The molecule has 0 bridgehead atoms. The lowest BCUT2D eigenvalue weighted by Gasteiger charge is -2.31. The van der Waals surface area contributed by atoms with E-state index in [9.17, 15) is 19.1 Å². The number of piperazine rings is 1. The fourth-order valence-electron chi connectivity index (χ4n) is 4.42. The van der Waals surface area contributed by atoms with E-state index in [1.807, 2.05) is 0 Å². The lowest BCUT2D eigenvalue weighted by Crippen LogP contribution is -2.44. The van der Waals surface area contributed by atoms with Crippen LogP contribution in [0.2, 0.25) is 0 Å². The van der Waals surface area contributed by atoms with E-state index in [-0.39, 0.29) is 24.9 Å². The molecule has 5 rings (SSSR count). The molecule has 184 valence electrons. The van der Waals surface area contributed by atoms with E-state index >= 15 is 0 Å². The van der Waals surface area contributed by atoms with Crippen molar-refractivity contribution in [3.63, 3.8) is 0 Å². The second-order valence-electron chi connectivity index (χ2n) is 9.47. The van der Waals surface area contributed by atoms with E-state index in [2.05, 4.69) is 25.6 Å². The molecule has 0 saturated carbocycles. The molecule has 1 aromatic carbocycles. The van der Waals surface area contributed by atoms with Gasteiger partial charge in [0.15, 0.2) is 5.65 Å². The lowest BCUT2D eigenvalue weighted by molar-refractivity contribution is -0.0159. The van der Waals surface area contributed by atoms with Gasteiger partial charge in [0.05, 0.1) is 29.7 Å². The minimum atomic E-state index is -1.59. The Kier molecular flexibility index (Phi) is 5.89. The summed E-state index contributed by atoms with van der Waals surface area (Å²) < 4.78 is 16.1. The highest BCUT2D eigenvalue weighted by Crippen LogP contribution is 2.35. The number of hydrogen-bond acceptors (Lipinski definition) is 7. The third-order valence-electron chi connectivity index (χ3n) is 6.48. The number of aromatic nitrogens is 3. The normalized spacial score (nSPS) is 17.1. The summed E-state index contributed by atoms with van der Waals surface area (Å²) in [5.41, 5.74) is 1.71. The van der Waals surface area contributed by atoms with Gasteiger partial charge in [-0.2, -0.15) is 5.10 Å². The van der Waals surface area contributed by atoms with Gasteiger partial charge in [-0.25, -0.2) is 13.9 Å². The van der Waals surface area contributed by atoms with Gasteiger partial charge in [0.25, 0.3) is 11.8 Å². The van der Waals surface area contributed by atoms with Gasteiger partial charge < -0.3 is 25.5 Å². The molecular formula is C24H28FN7O3. The number of hydrogen-bond donors (Lipinski definition) is 3. The molecule has 0 radical (unpaired) electrons. The van der Waals surface area contributed by atoms with Crippen LogP contribution in [0.1, 0.15) is 40.1 Å². The minimum Gasteiger partial charge on any atom is -0.387 e. The van der Waals surface area contributed by atoms with Crippen molar-refractivity contribution in [3.05, 3.63) is 53.5 Å². The van der Waals surface area contributed by atoms with Crippen LogP contribution in [0.15, 0.2) is 36.8 Å². The number of benzene rings is 1. The second-order valence-corrected chi connectivity index (χ2v) is 9.47. The van der Waals surface area contributed by atoms with Gasteiger partial charge in [-0.15, -0.1) is 0 Å². The third kappa shape index (κ3) is 4.44. The molecule has 0 aliphatic carbocycles. The van der Waals surface area contributed by atoms with E-state index in [1.165, 1.54) is 29.5 Å². The first-order valence-corrected chi connectivity index (χ1v) is 11.6. The zero-order valence-corrected chi connectivity index (χ0v) is 19.7. The highest BCUT2D eigenvalue weighted by Gasteiger charge is 2.35. The molecule has 3 aromatic rings. The first-order chi connectivity index (χ1) is 16.7. The molecule has 11 heteroatoms. The molecular weight excluding hydrogens is 453 g/mol. The number of nitrogens with one attached hydrogen (secondary N) is 2. The van der Waals surface area contributed by atoms with Gasteiger partial charge in [0.2, 0.25) is 0 Å². The number of nitrogens with zero attached hydrogens (tertiary/aromatic N) is 5. The van der Waals surface area contributed by atoms with Gasteiger partial charge in [-0.05, 0) is 37.6 Å². The topological polar surface area (TPSA) is 115 Å². The van der Waals surface area contributed by atoms with Crippen molar-refractivity contribution in [2.45, 2.75) is 32.2 Å². The average Bonchev–Trinajstić information content (AvgIpc) is 3.40. The highest BCUT2D eigenvalue weighted by molar-refractivity contribution is 6.10. The molecule has 2 aliphatic heterocycles. The zero-order chi connectivity index (χ0) is 24.7. The number of carbonyl (C=O) groups excluding carboxylic acids is 2. The number of alkyl halides is 1. The summed E-state index contributed by atoms with van der Waals surface area (Å²) in [5.74, 6) is -0.643. The zero-order valence-electron chi connectivity index (χ0n) is 19.7. The van der Waals surface area contributed by atoms with Crippen LogP contribution >= 0.6 is 0 Å². The maximum atomic E-state index is 14.5. The fourth-order valence-corrected chi connectivity index (χ4v) is 4.42. The predicted octanol–water partition coefficient (Wildman–Crippen LogP) is 1.46. The van der Waals surface area contributed by atoms with Crippen molar-refractivity contribution in [2.24, 2.45) is 0 Å². The number of halogens is 1. The van der Waals surface area contributed by atoms with Crippen LogP contribution in [0.25, 0.3) is 5.65 Å². The Hall–Kier alpha value is -3.57.